The van der Waals surface area contributed by atoms with Crippen LogP contribution in [0.4, 0.5) is 10.8 Å². The molecular weight excluding hydrogens is 440 g/mol. The topological polar surface area (TPSA) is 149 Å². The number of imide groups is 1. The molecule has 2 heterocycles. The largest absolute Gasteiger partial charge is 0.462 e. The zero-order valence-electron chi connectivity index (χ0n) is 16.5. The van der Waals surface area contributed by atoms with Gasteiger partial charge >= 0.3 is 5.97 Å². The van der Waals surface area contributed by atoms with Crippen molar-refractivity contribution in [3.63, 3.8) is 0 Å². The van der Waals surface area contributed by atoms with Crippen LogP contribution >= 0.6 is 11.3 Å². The number of rotatable bonds is 6. The molecule has 0 radical (unpaired) electrons. The number of anilines is 1. The SMILES string of the molecule is CCOC(=O)c1ccc2nc(NC(=O)CN3C(=O)c4cccc([N+](=O)[O-])c4C3=O)sc2c1. The summed E-state index contributed by atoms with van der Waals surface area (Å²) in [5.41, 5.74) is -0.0687. The molecule has 0 unspecified atom stereocenters. The third kappa shape index (κ3) is 3.67. The number of nitrogens with zero attached hydrogens (tertiary/aromatic N) is 3. The Labute approximate surface area is 183 Å². The zero-order valence-corrected chi connectivity index (χ0v) is 17.3. The maximum atomic E-state index is 12.6. The number of nitro benzene ring substituents is 1. The summed E-state index contributed by atoms with van der Waals surface area (Å²) in [4.78, 5) is 64.8. The fourth-order valence-electron chi connectivity index (χ4n) is 3.23. The van der Waals surface area contributed by atoms with Gasteiger partial charge in [0, 0.05) is 6.07 Å². The summed E-state index contributed by atoms with van der Waals surface area (Å²) < 4.78 is 5.58. The summed E-state index contributed by atoms with van der Waals surface area (Å²) in [5.74, 6) is -2.87. The Bertz CT molecular complexity index is 1320. The molecule has 2 aromatic carbocycles. The van der Waals surface area contributed by atoms with E-state index in [4.69, 9.17) is 4.74 Å². The molecule has 12 heteroatoms. The van der Waals surface area contributed by atoms with Crippen molar-refractivity contribution in [2.24, 2.45) is 0 Å². The standard InChI is InChI=1S/C20H14N4O7S/c1-2-31-19(28)10-6-7-12-14(8-10)32-20(21-12)22-15(25)9-23-17(26)11-4-3-5-13(24(29)30)16(11)18(23)27/h3-8H,2,9H2,1H3,(H,21,22,25). The molecule has 1 aliphatic heterocycles. The van der Waals surface area contributed by atoms with Crippen molar-refractivity contribution in [3.05, 3.63) is 63.2 Å². The van der Waals surface area contributed by atoms with Gasteiger partial charge in [-0.05, 0) is 31.2 Å². The Morgan fingerprint density at radius 3 is 2.72 bits per heavy atom. The Balaban J connectivity index is 1.50. The molecule has 1 aromatic heterocycles. The number of nitro groups is 1. The van der Waals surface area contributed by atoms with Gasteiger partial charge in [-0.15, -0.1) is 0 Å². The van der Waals surface area contributed by atoms with Crippen LogP contribution in [0.1, 0.15) is 38.0 Å². The lowest BCUT2D eigenvalue weighted by Crippen LogP contribution is -2.37. The minimum absolute atomic E-state index is 0.122. The van der Waals surface area contributed by atoms with E-state index in [-0.39, 0.29) is 22.9 Å². The van der Waals surface area contributed by atoms with Gasteiger partial charge in [0.15, 0.2) is 5.13 Å². The number of hydrogen-bond donors (Lipinski definition) is 1. The molecule has 3 aromatic rings. The Morgan fingerprint density at radius 1 is 1.22 bits per heavy atom. The van der Waals surface area contributed by atoms with E-state index in [0.717, 1.165) is 17.4 Å². The number of fused-ring (bicyclic) bond motifs is 2. The van der Waals surface area contributed by atoms with Crippen LogP contribution in [0.5, 0.6) is 0 Å². The molecule has 0 spiro atoms. The first-order chi connectivity index (χ1) is 15.3. The van der Waals surface area contributed by atoms with E-state index in [1.165, 1.54) is 12.1 Å². The summed E-state index contributed by atoms with van der Waals surface area (Å²) in [7, 11) is 0. The second-order valence-corrected chi connectivity index (χ2v) is 7.65. The van der Waals surface area contributed by atoms with Crippen molar-refractivity contribution in [1.82, 2.24) is 9.88 Å². The van der Waals surface area contributed by atoms with Gasteiger partial charge in [-0.3, -0.25) is 29.4 Å². The maximum absolute atomic E-state index is 12.6. The first-order valence-electron chi connectivity index (χ1n) is 9.31. The number of carbonyl (C=O) groups is 4. The third-order valence-electron chi connectivity index (χ3n) is 4.62. The number of nitrogens with one attached hydrogen (secondary N) is 1. The highest BCUT2D eigenvalue weighted by atomic mass is 32.1. The van der Waals surface area contributed by atoms with Gasteiger partial charge in [-0.1, -0.05) is 17.4 Å². The monoisotopic (exact) mass is 454 g/mol. The van der Waals surface area contributed by atoms with Crippen LogP contribution in [0.15, 0.2) is 36.4 Å². The van der Waals surface area contributed by atoms with Crippen molar-refractivity contribution >= 4 is 56.1 Å². The fraction of sp³-hybridized carbons (Fsp3) is 0.150. The molecule has 1 aliphatic rings. The molecule has 0 fully saturated rings. The number of aromatic nitrogens is 1. The van der Waals surface area contributed by atoms with E-state index in [9.17, 15) is 29.3 Å². The highest BCUT2D eigenvalue weighted by molar-refractivity contribution is 7.22. The smallest absolute Gasteiger partial charge is 0.338 e. The Kier molecular flexibility index (Phi) is 5.36. The number of benzene rings is 2. The number of esters is 1. The van der Waals surface area contributed by atoms with Gasteiger partial charge in [0.2, 0.25) is 5.91 Å². The average molecular weight is 454 g/mol. The summed E-state index contributed by atoms with van der Waals surface area (Å²) in [6.45, 7) is 1.30. The molecular formula is C20H14N4O7S. The van der Waals surface area contributed by atoms with Crippen LogP contribution in [-0.4, -0.2) is 51.6 Å². The minimum Gasteiger partial charge on any atom is -0.462 e. The van der Waals surface area contributed by atoms with Crippen LogP contribution in [0.2, 0.25) is 0 Å². The van der Waals surface area contributed by atoms with E-state index in [1.807, 2.05) is 0 Å². The highest BCUT2D eigenvalue weighted by Crippen LogP contribution is 2.31. The second kappa shape index (κ2) is 8.15. The maximum Gasteiger partial charge on any atom is 0.338 e. The van der Waals surface area contributed by atoms with Gasteiger partial charge in [-0.25, -0.2) is 9.78 Å². The summed E-state index contributed by atoms with van der Waals surface area (Å²) in [5, 5.41) is 13.9. The van der Waals surface area contributed by atoms with Crippen molar-refractivity contribution in [1.29, 1.82) is 0 Å². The zero-order chi connectivity index (χ0) is 23.0. The summed E-state index contributed by atoms with van der Waals surface area (Å²) in [6.07, 6.45) is 0. The van der Waals surface area contributed by atoms with Gasteiger partial charge < -0.3 is 10.1 Å². The molecule has 3 amide bonds. The first kappa shape index (κ1) is 21.1. The highest BCUT2D eigenvalue weighted by Gasteiger charge is 2.41. The Hall–Kier alpha value is -4.19. The van der Waals surface area contributed by atoms with Crippen molar-refractivity contribution < 1.29 is 28.8 Å². The molecule has 4 rings (SSSR count). The number of hydrogen-bond acceptors (Lipinski definition) is 9. The van der Waals surface area contributed by atoms with Crippen molar-refractivity contribution in [2.45, 2.75) is 6.92 Å². The quantitative estimate of drug-likeness (QED) is 0.259. The number of carbonyl (C=O) groups excluding carboxylic acids is 4. The molecule has 0 aliphatic carbocycles. The molecule has 11 nitrogen and oxygen atoms in total. The summed E-state index contributed by atoms with van der Waals surface area (Å²) in [6, 6.07) is 8.48. The number of amides is 3. The van der Waals surface area contributed by atoms with E-state index in [0.29, 0.717) is 20.7 Å². The molecule has 1 N–H and O–H groups in total. The lowest BCUT2D eigenvalue weighted by molar-refractivity contribution is -0.385. The van der Waals surface area contributed by atoms with Gasteiger partial charge in [0.25, 0.3) is 17.5 Å². The predicted octanol–water partition coefficient (Wildman–Crippen LogP) is 2.62. The number of thiazole rings is 1. The Morgan fingerprint density at radius 2 is 2.00 bits per heavy atom. The van der Waals surface area contributed by atoms with Crippen LogP contribution in [-0.2, 0) is 9.53 Å². The van der Waals surface area contributed by atoms with Crippen LogP contribution in [0.25, 0.3) is 10.2 Å². The third-order valence-corrected chi connectivity index (χ3v) is 5.55. The molecule has 162 valence electrons. The van der Waals surface area contributed by atoms with E-state index < -0.39 is 40.8 Å². The second-order valence-electron chi connectivity index (χ2n) is 6.62. The van der Waals surface area contributed by atoms with Gasteiger partial charge in [0.1, 0.15) is 12.1 Å². The molecule has 32 heavy (non-hydrogen) atoms. The van der Waals surface area contributed by atoms with Crippen molar-refractivity contribution in [2.75, 3.05) is 18.5 Å². The van der Waals surface area contributed by atoms with Crippen LogP contribution in [0.3, 0.4) is 0 Å². The van der Waals surface area contributed by atoms with Gasteiger partial charge in [0.05, 0.1) is 32.9 Å². The summed E-state index contributed by atoms with van der Waals surface area (Å²) >= 11 is 1.10. The molecule has 0 bridgehead atoms. The lowest BCUT2D eigenvalue weighted by atomic mass is 10.1. The average Bonchev–Trinajstić information content (AvgIpc) is 3.26. The van der Waals surface area contributed by atoms with Crippen LogP contribution in [0, 0.1) is 10.1 Å². The fourth-order valence-corrected chi connectivity index (χ4v) is 4.15. The van der Waals surface area contributed by atoms with Gasteiger partial charge in [-0.2, -0.15) is 0 Å². The first-order valence-corrected chi connectivity index (χ1v) is 10.1. The van der Waals surface area contributed by atoms with Crippen molar-refractivity contribution in [3.8, 4) is 0 Å². The molecule has 0 atom stereocenters. The predicted molar refractivity (Wildman–Crippen MR) is 113 cm³/mol. The van der Waals surface area contributed by atoms with E-state index >= 15 is 0 Å². The van der Waals surface area contributed by atoms with E-state index in [2.05, 4.69) is 10.3 Å². The number of ether oxygens (including phenoxy) is 1. The lowest BCUT2D eigenvalue weighted by Gasteiger charge is -2.12. The van der Waals surface area contributed by atoms with E-state index in [1.54, 1.807) is 25.1 Å². The normalized spacial score (nSPS) is 12.7. The minimum atomic E-state index is -0.907. The molecule has 0 saturated heterocycles. The van der Waals surface area contributed by atoms with Crippen LogP contribution < -0.4 is 5.32 Å². The molecule has 0 saturated carbocycles.